The average Bonchev–Trinajstić information content (AvgIpc) is 2.17. The molecule has 0 aromatic carbocycles. The first kappa shape index (κ1) is 12.5. The second-order valence-corrected chi connectivity index (χ2v) is 4.44. The van der Waals surface area contributed by atoms with E-state index in [2.05, 4.69) is 13.8 Å². The average molecular weight is 214 g/mol. The van der Waals surface area contributed by atoms with Crippen molar-refractivity contribution in [2.24, 2.45) is 5.73 Å². The summed E-state index contributed by atoms with van der Waals surface area (Å²) in [5, 5.41) is 0. The Morgan fingerprint density at radius 1 is 1.47 bits per heavy atom. The molecule has 0 radical (unpaired) electrons. The van der Waals surface area contributed by atoms with E-state index in [4.69, 9.17) is 10.5 Å². The zero-order chi connectivity index (χ0) is 11.4. The van der Waals surface area contributed by atoms with Crippen LogP contribution in [0.2, 0.25) is 0 Å². The van der Waals surface area contributed by atoms with Crippen molar-refractivity contribution in [2.45, 2.75) is 51.2 Å². The Hall–Kier alpha value is -0.610. The second kappa shape index (κ2) is 5.47. The molecule has 0 bridgehead atoms. The van der Waals surface area contributed by atoms with Crippen molar-refractivity contribution in [2.75, 3.05) is 13.7 Å². The van der Waals surface area contributed by atoms with Crippen LogP contribution >= 0.6 is 0 Å². The van der Waals surface area contributed by atoms with Crippen molar-refractivity contribution in [3.8, 4) is 0 Å². The summed E-state index contributed by atoms with van der Waals surface area (Å²) >= 11 is 0. The molecule has 2 N–H and O–H groups in total. The number of amides is 1. The van der Waals surface area contributed by atoms with Gasteiger partial charge < -0.3 is 15.4 Å². The number of carbonyl (C=O) groups excluding carboxylic acids is 1. The maximum absolute atomic E-state index is 12.0. The van der Waals surface area contributed by atoms with Gasteiger partial charge >= 0.3 is 0 Å². The third-order valence-electron chi connectivity index (χ3n) is 3.11. The van der Waals surface area contributed by atoms with Gasteiger partial charge in [0.15, 0.2) is 0 Å². The molecule has 0 aliphatic carbocycles. The molecule has 1 heterocycles. The van der Waals surface area contributed by atoms with E-state index in [-0.39, 0.29) is 5.91 Å². The number of carbonyl (C=O) groups is 1. The first-order valence-corrected chi connectivity index (χ1v) is 5.64. The lowest BCUT2D eigenvalue weighted by Crippen LogP contribution is -2.54. The lowest BCUT2D eigenvalue weighted by atomic mass is 9.96. The lowest BCUT2D eigenvalue weighted by molar-refractivity contribution is -0.139. The molecule has 1 aliphatic heterocycles. The van der Waals surface area contributed by atoms with E-state index >= 15 is 0 Å². The van der Waals surface area contributed by atoms with Gasteiger partial charge in [0.25, 0.3) is 0 Å². The minimum absolute atomic E-state index is 0.0246. The Morgan fingerprint density at radius 3 is 2.47 bits per heavy atom. The number of likely N-dealkylation sites (tertiary alicyclic amines) is 1. The summed E-state index contributed by atoms with van der Waals surface area (Å²) in [5.74, 6) is 0.0246. The molecule has 3 unspecified atom stereocenters. The molecule has 1 rings (SSSR count). The van der Waals surface area contributed by atoms with Crippen LogP contribution in [0.15, 0.2) is 0 Å². The van der Waals surface area contributed by atoms with Crippen LogP contribution in [-0.2, 0) is 9.53 Å². The maximum Gasteiger partial charge on any atom is 0.242 e. The Balaban J connectivity index is 2.62. The number of piperidine rings is 1. The fourth-order valence-corrected chi connectivity index (χ4v) is 2.30. The smallest absolute Gasteiger partial charge is 0.242 e. The Morgan fingerprint density at radius 2 is 2.00 bits per heavy atom. The summed E-state index contributed by atoms with van der Waals surface area (Å²) in [7, 11) is 1.57. The number of nitrogens with zero attached hydrogens (tertiary/aromatic N) is 1. The van der Waals surface area contributed by atoms with Crippen molar-refractivity contribution in [1.82, 2.24) is 4.90 Å². The summed E-state index contributed by atoms with van der Waals surface area (Å²) in [4.78, 5) is 14.0. The standard InChI is InChI=1S/C11H22N2O2/c1-8-5-4-6-9(2)13(8)11(14)10(12)7-15-3/h8-10H,4-7,12H2,1-3H3. The first-order valence-electron chi connectivity index (χ1n) is 5.64. The number of methoxy groups -OCH3 is 1. The van der Waals surface area contributed by atoms with Gasteiger partial charge in [0.2, 0.25) is 5.91 Å². The monoisotopic (exact) mass is 214 g/mol. The predicted molar refractivity (Wildman–Crippen MR) is 59.5 cm³/mol. The van der Waals surface area contributed by atoms with Gasteiger partial charge in [-0.2, -0.15) is 0 Å². The molecule has 4 nitrogen and oxygen atoms in total. The molecular weight excluding hydrogens is 192 g/mol. The molecular formula is C11H22N2O2. The van der Waals surface area contributed by atoms with Crippen molar-refractivity contribution in [3.63, 3.8) is 0 Å². The summed E-state index contributed by atoms with van der Waals surface area (Å²) in [5.41, 5.74) is 5.77. The molecule has 15 heavy (non-hydrogen) atoms. The largest absolute Gasteiger partial charge is 0.383 e. The normalized spacial score (nSPS) is 28.9. The van der Waals surface area contributed by atoms with Crippen molar-refractivity contribution < 1.29 is 9.53 Å². The van der Waals surface area contributed by atoms with E-state index < -0.39 is 6.04 Å². The molecule has 0 aromatic rings. The fourth-order valence-electron chi connectivity index (χ4n) is 2.30. The quantitative estimate of drug-likeness (QED) is 0.754. The minimum atomic E-state index is -0.516. The van der Waals surface area contributed by atoms with Gasteiger partial charge in [-0.25, -0.2) is 0 Å². The highest BCUT2D eigenvalue weighted by molar-refractivity contribution is 5.82. The van der Waals surface area contributed by atoms with Crippen LogP contribution in [0.4, 0.5) is 0 Å². The molecule has 88 valence electrons. The van der Waals surface area contributed by atoms with Crippen molar-refractivity contribution in [1.29, 1.82) is 0 Å². The second-order valence-electron chi connectivity index (χ2n) is 4.44. The molecule has 1 saturated heterocycles. The van der Waals surface area contributed by atoms with E-state index in [1.165, 1.54) is 6.42 Å². The highest BCUT2D eigenvalue weighted by atomic mass is 16.5. The molecule has 1 aliphatic rings. The molecule has 0 aromatic heterocycles. The number of hydrogen-bond acceptors (Lipinski definition) is 3. The van der Waals surface area contributed by atoms with Crippen molar-refractivity contribution >= 4 is 5.91 Å². The number of nitrogens with two attached hydrogens (primary N) is 1. The van der Waals surface area contributed by atoms with Crippen LogP contribution in [0, 0.1) is 0 Å². The Bertz CT molecular complexity index is 211. The van der Waals surface area contributed by atoms with Crippen LogP contribution in [0.3, 0.4) is 0 Å². The lowest BCUT2D eigenvalue weighted by Gasteiger charge is -2.40. The number of ether oxygens (including phenoxy) is 1. The summed E-state index contributed by atoms with van der Waals surface area (Å²) in [6.07, 6.45) is 3.36. The summed E-state index contributed by atoms with van der Waals surface area (Å²) in [6.45, 7) is 4.48. The highest BCUT2D eigenvalue weighted by Crippen LogP contribution is 2.22. The van der Waals surface area contributed by atoms with Gasteiger partial charge in [-0.1, -0.05) is 0 Å². The van der Waals surface area contributed by atoms with Gasteiger partial charge in [0, 0.05) is 19.2 Å². The van der Waals surface area contributed by atoms with E-state index in [0.717, 1.165) is 12.8 Å². The van der Waals surface area contributed by atoms with Gasteiger partial charge in [0.05, 0.1) is 6.61 Å². The van der Waals surface area contributed by atoms with Gasteiger partial charge in [-0.15, -0.1) is 0 Å². The molecule has 0 saturated carbocycles. The summed E-state index contributed by atoms with van der Waals surface area (Å²) in [6, 6.07) is 0.103. The zero-order valence-corrected chi connectivity index (χ0v) is 9.90. The van der Waals surface area contributed by atoms with Crippen LogP contribution < -0.4 is 5.73 Å². The Kier molecular flexibility index (Phi) is 4.54. The van der Waals surface area contributed by atoms with E-state index in [1.807, 2.05) is 4.90 Å². The van der Waals surface area contributed by atoms with Crippen LogP contribution in [0.5, 0.6) is 0 Å². The third-order valence-corrected chi connectivity index (χ3v) is 3.11. The Labute approximate surface area is 91.8 Å². The number of rotatable bonds is 3. The number of hydrogen-bond donors (Lipinski definition) is 1. The van der Waals surface area contributed by atoms with Crippen LogP contribution in [-0.4, -0.2) is 42.6 Å². The van der Waals surface area contributed by atoms with E-state index in [1.54, 1.807) is 7.11 Å². The molecule has 3 atom stereocenters. The third kappa shape index (κ3) is 2.92. The molecule has 1 amide bonds. The molecule has 4 heteroatoms. The predicted octanol–water partition coefficient (Wildman–Crippen LogP) is 0.750. The maximum atomic E-state index is 12.0. The van der Waals surface area contributed by atoms with Gasteiger partial charge in [0.1, 0.15) is 6.04 Å². The van der Waals surface area contributed by atoms with Crippen LogP contribution in [0.25, 0.3) is 0 Å². The van der Waals surface area contributed by atoms with Gasteiger partial charge in [-0.05, 0) is 33.1 Å². The SMILES string of the molecule is COCC(N)C(=O)N1C(C)CCCC1C. The topological polar surface area (TPSA) is 55.6 Å². The minimum Gasteiger partial charge on any atom is -0.383 e. The highest BCUT2D eigenvalue weighted by Gasteiger charge is 2.31. The first-order chi connectivity index (χ1) is 7.07. The summed E-state index contributed by atoms with van der Waals surface area (Å²) < 4.78 is 4.91. The fraction of sp³-hybridized carbons (Fsp3) is 0.909. The van der Waals surface area contributed by atoms with Gasteiger partial charge in [-0.3, -0.25) is 4.79 Å². The van der Waals surface area contributed by atoms with Crippen LogP contribution in [0.1, 0.15) is 33.1 Å². The molecule has 1 fully saturated rings. The van der Waals surface area contributed by atoms with Crippen molar-refractivity contribution in [3.05, 3.63) is 0 Å². The van der Waals surface area contributed by atoms with E-state index in [0.29, 0.717) is 18.7 Å². The van der Waals surface area contributed by atoms with E-state index in [9.17, 15) is 4.79 Å². The molecule has 0 spiro atoms. The zero-order valence-electron chi connectivity index (χ0n) is 9.90.